The van der Waals surface area contributed by atoms with E-state index in [-0.39, 0.29) is 48.2 Å². The molecule has 4 heterocycles. The van der Waals surface area contributed by atoms with Crippen LogP contribution >= 0.6 is 0 Å². The lowest BCUT2D eigenvalue weighted by atomic mass is 9.81. The second-order valence-corrected chi connectivity index (χ2v) is 12.3. The number of nitrogens with zero attached hydrogens (tertiary/aromatic N) is 6. The molecule has 2 saturated carbocycles. The molecule has 2 N–H and O–H groups in total. The Balaban J connectivity index is 1.15. The number of piperidine rings is 1. The monoisotopic (exact) mass is 601 g/mol. The smallest absolute Gasteiger partial charge is 0.380 e. The summed E-state index contributed by atoms with van der Waals surface area (Å²) in [6, 6.07) is 4.81. The molecule has 6 rings (SSSR count). The van der Waals surface area contributed by atoms with Crippen molar-refractivity contribution in [2.75, 3.05) is 13.2 Å². The van der Waals surface area contributed by atoms with E-state index in [1.165, 1.54) is 6.33 Å². The molecule has 2 aliphatic heterocycles. The van der Waals surface area contributed by atoms with E-state index in [4.69, 9.17) is 4.74 Å². The first-order valence-corrected chi connectivity index (χ1v) is 14.9. The molecule has 2 aliphatic carbocycles. The van der Waals surface area contributed by atoms with E-state index in [0.29, 0.717) is 37.4 Å². The minimum absolute atomic E-state index is 0.0577. The van der Waals surface area contributed by atoms with Crippen LogP contribution in [-0.4, -0.2) is 78.1 Å². The Morgan fingerprint density at radius 3 is 2.51 bits per heavy atom. The molecule has 1 spiro atoms. The molecular formula is C29H34F3N7O4. The lowest BCUT2D eigenvalue weighted by Gasteiger charge is -2.41. The van der Waals surface area contributed by atoms with Gasteiger partial charge in [0.2, 0.25) is 5.91 Å². The van der Waals surface area contributed by atoms with Crippen molar-refractivity contribution >= 4 is 11.8 Å². The molecule has 11 nitrogen and oxygen atoms in total. The van der Waals surface area contributed by atoms with Crippen molar-refractivity contribution in [2.45, 2.75) is 100 Å². The van der Waals surface area contributed by atoms with Gasteiger partial charge in [-0.15, -0.1) is 0 Å². The van der Waals surface area contributed by atoms with Crippen molar-refractivity contribution in [2.24, 2.45) is 5.92 Å². The van der Waals surface area contributed by atoms with Crippen LogP contribution in [-0.2, 0) is 9.53 Å². The van der Waals surface area contributed by atoms with Gasteiger partial charge in [-0.05, 0) is 76.7 Å². The average molecular weight is 602 g/mol. The molecule has 0 aromatic carbocycles. The van der Waals surface area contributed by atoms with Crippen molar-refractivity contribution < 1.29 is 32.6 Å². The maximum absolute atomic E-state index is 13.9. The third kappa shape index (κ3) is 5.72. The van der Waals surface area contributed by atoms with Crippen molar-refractivity contribution in [3.63, 3.8) is 0 Å². The minimum atomic E-state index is -4.69. The highest BCUT2D eigenvalue weighted by Crippen LogP contribution is 2.51. The number of hydrogen-bond donors (Lipinski definition) is 2. The van der Waals surface area contributed by atoms with Gasteiger partial charge in [0.05, 0.1) is 11.4 Å². The van der Waals surface area contributed by atoms with Crippen LogP contribution < -0.4 is 5.32 Å². The number of likely N-dealkylation sites (tertiary alicyclic amines) is 1. The van der Waals surface area contributed by atoms with Crippen LogP contribution in [0.3, 0.4) is 0 Å². The number of amides is 2. The highest BCUT2D eigenvalue weighted by molar-refractivity contribution is 5.94. The number of hydrogen-bond acceptors (Lipinski definition) is 8. The van der Waals surface area contributed by atoms with Gasteiger partial charge in [-0.1, -0.05) is 0 Å². The molecule has 4 aliphatic rings. The Labute approximate surface area is 246 Å². The average Bonchev–Trinajstić information content (AvgIpc) is 3.61. The number of ether oxygens (including phenoxy) is 1. The van der Waals surface area contributed by atoms with Crippen LogP contribution in [0.4, 0.5) is 13.2 Å². The van der Waals surface area contributed by atoms with Crippen molar-refractivity contribution in [3.05, 3.63) is 29.8 Å². The molecule has 43 heavy (non-hydrogen) atoms. The van der Waals surface area contributed by atoms with Crippen LogP contribution in [0.5, 0.6) is 0 Å². The topological polar surface area (TPSA) is 146 Å². The molecule has 2 aromatic heterocycles. The van der Waals surface area contributed by atoms with Gasteiger partial charge in [0.25, 0.3) is 5.91 Å². The molecule has 230 valence electrons. The lowest BCUT2D eigenvalue weighted by Crippen LogP contribution is -2.54. The normalized spacial score (nSPS) is 28.7. The number of nitrogens with one attached hydrogen (secondary N) is 1. The van der Waals surface area contributed by atoms with Crippen LogP contribution in [0, 0.1) is 17.2 Å². The maximum atomic E-state index is 13.9. The highest BCUT2D eigenvalue weighted by atomic mass is 19.4. The van der Waals surface area contributed by atoms with Gasteiger partial charge < -0.3 is 20.1 Å². The fourth-order valence-electron chi connectivity index (χ4n) is 6.72. The summed E-state index contributed by atoms with van der Waals surface area (Å²) >= 11 is 0. The van der Waals surface area contributed by atoms with Crippen LogP contribution in [0.15, 0.2) is 18.5 Å². The number of carbonyl (C=O) groups excluding carboxylic acids is 2. The standard InChI is InChI=1S/C29H34F3N7O4/c30-29(31,32)28(42)7-4-19(5-8-28)36-25(40)18-6-11-38(27(15-18)9-10-27)26(41)22-14-23(21-13-20(16-33)34-17-35-21)39(37-22)24-3-1-2-12-43-24/h13-14,17-19,24,42H,1-12,15H2,(H,36,40)/t18?,19-,24?,28-. The summed E-state index contributed by atoms with van der Waals surface area (Å²) in [4.78, 5) is 37.1. The summed E-state index contributed by atoms with van der Waals surface area (Å²) in [5, 5.41) is 26.8. The second kappa shape index (κ2) is 11.2. The first-order valence-electron chi connectivity index (χ1n) is 14.9. The van der Waals surface area contributed by atoms with E-state index in [1.807, 2.05) is 6.07 Å². The van der Waals surface area contributed by atoms with Crippen LogP contribution in [0.2, 0.25) is 0 Å². The summed E-state index contributed by atoms with van der Waals surface area (Å²) in [7, 11) is 0. The largest absolute Gasteiger partial charge is 0.417 e. The first-order chi connectivity index (χ1) is 20.5. The third-order valence-corrected chi connectivity index (χ3v) is 9.46. The Hall–Kier alpha value is -3.57. The predicted octanol–water partition coefficient (Wildman–Crippen LogP) is 3.65. The van der Waals surface area contributed by atoms with E-state index in [0.717, 1.165) is 32.1 Å². The Bertz CT molecular complexity index is 1420. The zero-order valence-electron chi connectivity index (χ0n) is 23.6. The van der Waals surface area contributed by atoms with Gasteiger partial charge in [0.1, 0.15) is 18.1 Å². The number of aromatic nitrogens is 4. The van der Waals surface area contributed by atoms with Gasteiger partial charge in [-0.3, -0.25) is 9.59 Å². The van der Waals surface area contributed by atoms with E-state index in [9.17, 15) is 33.1 Å². The molecule has 0 radical (unpaired) electrons. The van der Waals surface area contributed by atoms with Crippen LogP contribution in [0.25, 0.3) is 11.4 Å². The summed E-state index contributed by atoms with van der Waals surface area (Å²) < 4.78 is 47.1. The molecule has 0 bridgehead atoms. The number of carbonyl (C=O) groups is 2. The summed E-state index contributed by atoms with van der Waals surface area (Å²) in [5.41, 5.74) is -1.72. The highest BCUT2D eigenvalue weighted by Gasteiger charge is 2.56. The predicted molar refractivity (Wildman–Crippen MR) is 144 cm³/mol. The van der Waals surface area contributed by atoms with Crippen molar-refractivity contribution in [1.29, 1.82) is 5.26 Å². The van der Waals surface area contributed by atoms with Gasteiger partial charge in [0, 0.05) is 36.7 Å². The van der Waals surface area contributed by atoms with Crippen molar-refractivity contribution in [1.82, 2.24) is 30.0 Å². The Morgan fingerprint density at radius 1 is 1.09 bits per heavy atom. The van der Waals surface area contributed by atoms with E-state index >= 15 is 0 Å². The van der Waals surface area contributed by atoms with Crippen LogP contribution in [0.1, 0.15) is 93.0 Å². The maximum Gasteiger partial charge on any atom is 0.417 e. The summed E-state index contributed by atoms with van der Waals surface area (Å²) in [5.74, 6) is -0.816. The van der Waals surface area contributed by atoms with Crippen molar-refractivity contribution in [3.8, 4) is 17.5 Å². The number of rotatable bonds is 5. The first kappa shape index (κ1) is 29.5. The SMILES string of the molecule is N#Cc1cc(-c2cc(C(=O)N3CCC(C(=O)N[C@H]4CC[C@@](O)(C(F)(F)F)CC4)CC34CC4)nn2C2CCCCO2)ncn1. The number of halogens is 3. The van der Waals surface area contributed by atoms with Gasteiger partial charge in [-0.25, -0.2) is 14.6 Å². The van der Waals surface area contributed by atoms with Gasteiger partial charge >= 0.3 is 6.18 Å². The molecule has 4 fully saturated rings. The molecule has 2 amide bonds. The number of nitriles is 1. The van der Waals surface area contributed by atoms with Gasteiger partial charge in [0.15, 0.2) is 17.5 Å². The van der Waals surface area contributed by atoms with E-state index in [1.54, 1.807) is 21.7 Å². The molecule has 2 atom stereocenters. The zero-order chi connectivity index (χ0) is 30.4. The molecule has 2 unspecified atom stereocenters. The third-order valence-electron chi connectivity index (χ3n) is 9.46. The molecular weight excluding hydrogens is 567 g/mol. The Kier molecular flexibility index (Phi) is 7.66. The number of alkyl halides is 3. The lowest BCUT2D eigenvalue weighted by molar-refractivity contribution is -0.270. The molecule has 14 heteroatoms. The van der Waals surface area contributed by atoms with E-state index in [2.05, 4.69) is 20.4 Å². The molecule has 2 aromatic rings. The quantitative estimate of drug-likeness (QED) is 0.528. The summed E-state index contributed by atoms with van der Waals surface area (Å²) in [6.45, 7) is 0.923. The number of aliphatic hydroxyl groups is 1. The van der Waals surface area contributed by atoms with Gasteiger partial charge in [-0.2, -0.15) is 23.5 Å². The second-order valence-electron chi connectivity index (χ2n) is 12.3. The zero-order valence-corrected chi connectivity index (χ0v) is 23.6. The molecule has 2 saturated heterocycles. The fourth-order valence-corrected chi connectivity index (χ4v) is 6.72. The minimum Gasteiger partial charge on any atom is -0.380 e. The Morgan fingerprint density at radius 2 is 1.86 bits per heavy atom. The summed E-state index contributed by atoms with van der Waals surface area (Å²) in [6.07, 6.45) is 0.485. The fraction of sp³-hybridized carbons (Fsp3) is 0.655. The van der Waals surface area contributed by atoms with E-state index < -0.39 is 36.2 Å².